The van der Waals surface area contributed by atoms with E-state index in [2.05, 4.69) is 10.3 Å². The van der Waals surface area contributed by atoms with E-state index in [4.69, 9.17) is 4.74 Å². The number of benzene rings is 1. The van der Waals surface area contributed by atoms with Crippen LogP contribution in [0.25, 0.3) is 0 Å². The number of anilines is 1. The summed E-state index contributed by atoms with van der Waals surface area (Å²) in [6.07, 6.45) is 2.19. The van der Waals surface area contributed by atoms with Crippen LogP contribution < -0.4 is 5.32 Å². The van der Waals surface area contributed by atoms with Crippen LogP contribution >= 0.6 is 0 Å². The molecule has 20 heavy (non-hydrogen) atoms. The second-order valence-corrected chi connectivity index (χ2v) is 4.72. The Hall–Kier alpha value is -2.01. The summed E-state index contributed by atoms with van der Waals surface area (Å²) in [6, 6.07) is 9.46. The first kappa shape index (κ1) is 13.0. The summed E-state index contributed by atoms with van der Waals surface area (Å²) < 4.78 is 32.0. The number of pyridine rings is 1. The summed E-state index contributed by atoms with van der Waals surface area (Å²) in [6.45, 7) is 0.578. The van der Waals surface area contributed by atoms with Gasteiger partial charge in [-0.1, -0.05) is 12.1 Å². The van der Waals surface area contributed by atoms with Crippen molar-refractivity contribution in [2.75, 3.05) is 11.9 Å². The zero-order valence-electron chi connectivity index (χ0n) is 10.7. The Labute approximate surface area is 115 Å². The highest BCUT2D eigenvalue weighted by molar-refractivity contribution is 5.36. The normalized spacial score (nSPS) is 21.9. The number of nitrogens with zero attached hydrogens (tertiary/aromatic N) is 1. The van der Waals surface area contributed by atoms with Crippen LogP contribution in [-0.4, -0.2) is 17.6 Å². The lowest BCUT2D eigenvalue weighted by atomic mass is 10.0. The van der Waals surface area contributed by atoms with Gasteiger partial charge in [-0.25, -0.2) is 13.8 Å². The van der Waals surface area contributed by atoms with E-state index in [-0.39, 0.29) is 12.1 Å². The fraction of sp³-hybridized carbons (Fsp3) is 0.267. The first-order chi connectivity index (χ1) is 9.74. The van der Waals surface area contributed by atoms with Crippen LogP contribution in [0.1, 0.15) is 18.1 Å². The van der Waals surface area contributed by atoms with Gasteiger partial charge in [-0.2, -0.15) is 0 Å². The molecule has 1 aliphatic rings. The molecule has 2 heterocycles. The maximum atomic E-state index is 13.3. The molecule has 3 rings (SSSR count). The van der Waals surface area contributed by atoms with Gasteiger partial charge in [0.15, 0.2) is 11.6 Å². The largest absolute Gasteiger partial charge is 0.371 e. The van der Waals surface area contributed by atoms with E-state index in [0.717, 1.165) is 18.3 Å². The van der Waals surface area contributed by atoms with Crippen molar-refractivity contribution in [2.24, 2.45) is 0 Å². The maximum Gasteiger partial charge on any atom is 0.159 e. The van der Waals surface area contributed by atoms with Crippen molar-refractivity contribution < 1.29 is 13.5 Å². The Bertz CT molecular complexity index is 592. The van der Waals surface area contributed by atoms with Crippen LogP contribution in [0, 0.1) is 11.6 Å². The van der Waals surface area contributed by atoms with Gasteiger partial charge < -0.3 is 10.1 Å². The van der Waals surface area contributed by atoms with Crippen molar-refractivity contribution in [1.82, 2.24) is 4.98 Å². The molecule has 1 saturated heterocycles. The van der Waals surface area contributed by atoms with Crippen molar-refractivity contribution in [3.8, 4) is 0 Å². The number of halogens is 2. The zero-order valence-corrected chi connectivity index (χ0v) is 10.7. The van der Waals surface area contributed by atoms with Crippen LogP contribution in [0.2, 0.25) is 0 Å². The molecule has 1 aromatic heterocycles. The summed E-state index contributed by atoms with van der Waals surface area (Å²) >= 11 is 0. The number of rotatable bonds is 3. The number of aromatic nitrogens is 1. The second kappa shape index (κ2) is 5.54. The van der Waals surface area contributed by atoms with E-state index in [0.29, 0.717) is 12.2 Å². The predicted octanol–water partition coefficient (Wildman–Crippen LogP) is 3.30. The van der Waals surface area contributed by atoms with Crippen molar-refractivity contribution in [3.05, 3.63) is 59.8 Å². The summed E-state index contributed by atoms with van der Waals surface area (Å²) in [5.74, 6) is -0.953. The van der Waals surface area contributed by atoms with Gasteiger partial charge in [-0.15, -0.1) is 0 Å². The summed E-state index contributed by atoms with van der Waals surface area (Å²) in [7, 11) is 0. The average Bonchev–Trinajstić information content (AvgIpc) is 2.91. The fourth-order valence-electron chi connectivity index (χ4n) is 2.39. The van der Waals surface area contributed by atoms with E-state index in [1.165, 1.54) is 6.07 Å². The van der Waals surface area contributed by atoms with Crippen molar-refractivity contribution in [3.63, 3.8) is 0 Å². The highest BCUT2D eigenvalue weighted by Crippen LogP contribution is 2.31. The Balaban J connectivity index is 1.80. The van der Waals surface area contributed by atoms with E-state index >= 15 is 0 Å². The standard InChI is InChI=1S/C15H14F2N2O/c16-11-5-4-10(9-12(11)17)15-13(6-8-20-15)19-14-3-1-2-7-18-14/h1-5,7,9,13,15H,6,8H2,(H,18,19). The van der Waals surface area contributed by atoms with Crippen LogP contribution in [-0.2, 0) is 4.74 Å². The zero-order chi connectivity index (χ0) is 13.9. The quantitative estimate of drug-likeness (QED) is 0.934. The topological polar surface area (TPSA) is 34.1 Å². The predicted molar refractivity (Wildman–Crippen MR) is 71.3 cm³/mol. The third-order valence-electron chi connectivity index (χ3n) is 3.36. The Morgan fingerprint density at radius 1 is 1.15 bits per heavy atom. The molecule has 0 spiro atoms. The lowest BCUT2D eigenvalue weighted by Gasteiger charge is -2.20. The van der Waals surface area contributed by atoms with Crippen LogP contribution in [0.15, 0.2) is 42.6 Å². The van der Waals surface area contributed by atoms with Crippen molar-refractivity contribution in [2.45, 2.75) is 18.6 Å². The number of hydrogen-bond donors (Lipinski definition) is 1. The molecule has 0 saturated carbocycles. The molecule has 2 unspecified atom stereocenters. The number of nitrogens with one attached hydrogen (secondary N) is 1. The van der Waals surface area contributed by atoms with Crippen LogP contribution in [0.5, 0.6) is 0 Å². The fourth-order valence-corrected chi connectivity index (χ4v) is 2.39. The lowest BCUT2D eigenvalue weighted by Crippen LogP contribution is -2.23. The molecule has 2 atom stereocenters. The molecule has 5 heteroatoms. The molecule has 3 nitrogen and oxygen atoms in total. The van der Waals surface area contributed by atoms with Crippen LogP contribution in [0.3, 0.4) is 0 Å². The van der Waals surface area contributed by atoms with E-state index in [1.807, 2.05) is 18.2 Å². The molecule has 2 aromatic rings. The molecule has 104 valence electrons. The molecule has 1 fully saturated rings. The lowest BCUT2D eigenvalue weighted by molar-refractivity contribution is 0.107. The van der Waals surface area contributed by atoms with Gasteiger partial charge in [0.1, 0.15) is 11.9 Å². The molecule has 0 radical (unpaired) electrons. The average molecular weight is 276 g/mol. The third kappa shape index (κ3) is 2.63. The minimum absolute atomic E-state index is 0.00485. The Morgan fingerprint density at radius 3 is 2.80 bits per heavy atom. The van der Waals surface area contributed by atoms with Gasteiger partial charge in [0.2, 0.25) is 0 Å². The van der Waals surface area contributed by atoms with Gasteiger partial charge in [-0.05, 0) is 36.2 Å². The number of ether oxygens (including phenoxy) is 1. The van der Waals surface area contributed by atoms with Gasteiger partial charge in [0.25, 0.3) is 0 Å². The summed E-state index contributed by atoms with van der Waals surface area (Å²) in [5.41, 5.74) is 0.634. The first-order valence-electron chi connectivity index (χ1n) is 6.48. The minimum atomic E-state index is -0.852. The highest BCUT2D eigenvalue weighted by atomic mass is 19.2. The van der Waals surface area contributed by atoms with Gasteiger partial charge in [-0.3, -0.25) is 0 Å². The molecule has 1 aliphatic heterocycles. The summed E-state index contributed by atoms with van der Waals surface area (Å²) in [5, 5.41) is 3.27. The number of hydrogen-bond acceptors (Lipinski definition) is 3. The van der Waals surface area contributed by atoms with Gasteiger partial charge >= 0.3 is 0 Å². The maximum absolute atomic E-state index is 13.3. The van der Waals surface area contributed by atoms with Gasteiger partial charge in [0, 0.05) is 12.8 Å². The minimum Gasteiger partial charge on any atom is -0.371 e. The van der Waals surface area contributed by atoms with Crippen LogP contribution in [0.4, 0.5) is 14.6 Å². The molecule has 0 amide bonds. The van der Waals surface area contributed by atoms with Crippen molar-refractivity contribution >= 4 is 5.82 Å². The summed E-state index contributed by atoms with van der Waals surface area (Å²) in [4.78, 5) is 4.20. The smallest absolute Gasteiger partial charge is 0.159 e. The molecule has 0 bridgehead atoms. The molecule has 1 aromatic carbocycles. The molecular formula is C15H14F2N2O. The first-order valence-corrected chi connectivity index (χ1v) is 6.48. The van der Waals surface area contributed by atoms with E-state index < -0.39 is 11.6 Å². The Morgan fingerprint density at radius 2 is 2.05 bits per heavy atom. The monoisotopic (exact) mass is 276 g/mol. The Kier molecular flexibility index (Phi) is 3.60. The van der Waals surface area contributed by atoms with Gasteiger partial charge in [0.05, 0.1) is 6.04 Å². The highest BCUT2D eigenvalue weighted by Gasteiger charge is 2.30. The molecule has 1 N–H and O–H groups in total. The molecular weight excluding hydrogens is 262 g/mol. The molecule has 0 aliphatic carbocycles. The van der Waals surface area contributed by atoms with E-state index in [9.17, 15) is 8.78 Å². The second-order valence-electron chi connectivity index (χ2n) is 4.72. The van der Waals surface area contributed by atoms with Crippen molar-refractivity contribution in [1.29, 1.82) is 0 Å². The van der Waals surface area contributed by atoms with E-state index in [1.54, 1.807) is 12.3 Å². The SMILES string of the molecule is Fc1ccc(C2OCCC2Nc2ccccn2)cc1F. The third-order valence-corrected chi connectivity index (χ3v) is 3.36.